The Bertz CT molecular complexity index is 1090. The number of amides is 2. The third-order valence-electron chi connectivity index (χ3n) is 5.51. The molecule has 172 valence electrons. The van der Waals surface area contributed by atoms with Crippen molar-refractivity contribution in [1.29, 1.82) is 0 Å². The van der Waals surface area contributed by atoms with Gasteiger partial charge in [-0.15, -0.1) is 17.9 Å². The van der Waals surface area contributed by atoms with Gasteiger partial charge in [0.15, 0.2) is 0 Å². The highest BCUT2D eigenvalue weighted by molar-refractivity contribution is 7.10. The molecular weight excluding hydrogens is 435 g/mol. The van der Waals surface area contributed by atoms with Gasteiger partial charge in [0, 0.05) is 23.5 Å². The lowest BCUT2D eigenvalue weighted by atomic mass is 10.1. The monoisotopic (exact) mass is 464 g/mol. The third-order valence-corrected chi connectivity index (χ3v) is 6.52. The molecule has 3 rings (SSSR count). The van der Waals surface area contributed by atoms with Gasteiger partial charge in [-0.2, -0.15) is 0 Å². The van der Waals surface area contributed by atoms with E-state index in [1.54, 1.807) is 46.6 Å². The van der Waals surface area contributed by atoms with Crippen molar-refractivity contribution in [2.45, 2.75) is 33.4 Å². The predicted octanol–water partition coefficient (Wildman–Crippen LogP) is 5.62. The summed E-state index contributed by atoms with van der Waals surface area (Å²) in [4.78, 5) is 30.8. The molecule has 0 spiro atoms. The van der Waals surface area contributed by atoms with Gasteiger partial charge >= 0.3 is 0 Å². The lowest BCUT2D eigenvalue weighted by Gasteiger charge is -2.27. The molecule has 0 fully saturated rings. The van der Waals surface area contributed by atoms with Crippen molar-refractivity contribution in [1.82, 2.24) is 9.80 Å². The Morgan fingerprint density at radius 3 is 2.21 bits per heavy atom. The maximum Gasteiger partial charge on any atom is 0.254 e. The van der Waals surface area contributed by atoms with Crippen molar-refractivity contribution in [3.8, 4) is 0 Å². The number of carbonyl (C=O) groups excluding carboxylic acids is 2. The topological polar surface area (TPSA) is 40.6 Å². The number of benzene rings is 2. The first-order chi connectivity index (χ1) is 15.9. The minimum Gasteiger partial charge on any atom is -0.332 e. The van der Waals surface area contributed by atoms with Crippen LogP contribution in [0.15, 0.2) is 72.6 Å². The maximum atomic E-state index is 13.4. The molecule has 0 saturated heterocycles. The summed E-state index contributed by atoms with van der Waals surface area (Å²) in [5.74, 6) is -0.699. The number of rotatable bonds is 10. The van der Waals surface area contributed by atoms with Crippen molar-refractivity contribution in [2.75, 3.05) is 13.1 Å². The molecule has 0 aliphatic carbocycles. The van der Waals surface area contributed by atoms with Crippen molar-refractivity contribution in [3.05, 3.63) is 106 Å². The lowest BCUT2D eigenvalue weighted by molar-refractivity contribution is -0.133. The van der Waals surface area contributed by atoms with Crippen LogP contribution >= 0.6 is 11.3 Å². The van der Waals surface area contributed by atoms with Crippen molar-refractivity contribution in [2.24, 2.45) is 0 Å². The fraction of sp³-hybridized carbons (Fsp3) is 0.259. The van der Waals surface area contributed by atoms with Crippen LogP contribution in [0.1, 0.15) is 38.8 Å². The van der Waals surface area contributed by atoms with E-state index in [9.17, 15) is 14.0 Å². The Labute approximate surface area is 199 Å². The minimum atomic E-state index is -0.317. The van der Waals surface area contributed by atoms with Crippen LogP contribution in [0.3, 0.4) is 0 Å². The third kappa shape index (κ3) is 6.62. The van der Waals surface area contributed by atoms with Gasteiger partial charge in [-0.1, -0.05) is 37.3 Å². The summed E-state index contributed by atoms with van der Waals surface area (Å²) in [5, 5.41) is 2.00. The Balaban J connectivity index is 1.80. The van der Waals surface area contributed by atoms with E-state index >= 15 is 0 Å². The Morgan fingerprint density at radius 2 is 1.64 bits per heavy atom. The highest BCUT2D eigenvalue weighted by Crippen LogP contribution is 2.20. The highest BCUT2D eigenvalue weighted by Gasteiger charge is 2.23. The predicted molar refractivity (Wildman–Crippen MR) is 132 cm³/mol. The van der Waals surface area contributed by atoms with Crippen LogP contribution in [0.5, 0.6) is 0 Å². The van der Waals surface area contributed by atoms with Crippen LogP contribution in [0, 0.1) is 12.7 Å². The molecule has 33 heavy (non-hydrogen) atoms. The normalized spacial score (nSPS) is 10.6. The summed E-state index contributed by atoms with van der Waals surface area (Å²) in [6.45, 7) is 8.79. The maximum absolute atomic E-state index is 13.4. The molecule has 1 heterocycles. The number of nitrogens with zero attached hydrogens (tertiary/aromatic N) is 2. The smallest absolute Gasteiger partial charge is 0.254 e. The van der Waals surface area contributed by atoms with E-state index in [-0.39, 0.29) is 30.7 Å². The fourth-order valence-corrected chi connectivity index (χ4v) is 4.41. The summed E-state index contributed by atoms with van der Waals surface area (Å²) in [6, 6.07) is 15.6. The average Bonchev–Trinajstić information content (AvgIpc) is 3.23. The van der Waals surface area contributed by atoms with Crippen molar-refractivity contribution in [3.63, 3.8) is 0 Å². The molecule has 0 atom stereocenters. The van der Waals surface area contributed by atoms with Crippen molar-refractivity contribution < 1.29 is 14.0 Å². The van der Waals surface area contributed by atoms with Crippen LogP contribution in [-0.2, 0) is 24.3 Å². The number of thiophene rings is 1. The zero-order chi connectivity index (χ0) is 23.8. The molecule has 2 aromatic carbocycles. The summed E-state index contributed by atoms with van der Waals surface area (Å²) in [5.41, 5.74) is 3.64. The second-order valence-corrected chi connectivity index (χ2v) is 8.93. The first-order valence-corrected chi connectivity index (χ1v) is 11.8. The van der Waals surface area contributed by atoms with E-state index in [0.717, 1.165) is 28.0 Å². The molecule has 0 saturated carbocycles. The van der Waals surface area contributed by atoms with Gasteiger partial charge in [-0.25, -0.2) is 4.39 Å². The van der Waals surface area contributed by atoms with E-state index in [0.29, 0.717) is 18.7 Å². The summed E-state index contributed by atoms with van der Waals surface area (Å²) in [6.07, 6.45) is 2.52. The number of hydrogen-bond donors (Lipinski definition) is 0. The van der Waals surface area contributed by atoms with E-state index in [2.05, 4.69) is 13.5 Å². The molecular formula is C27H29FN2O2S. The molecule has 6 heteroatoms. The summed E-state index contributed by atoms with van der Waals surface area (Å²) in [7, 11) is 0. The number of hydrogen-bond acceptors (Lipinski definition) is 3. The first-order valence-electron chi connectivity index (χ1n) is 11.0. The molecule has 0 aliphatic heterocycles. The largest absolute Gasteiger partial charge is 0.332 e. The number of carbonyl (C=O) groups is 2. The highest BCUT2D eigenvalue weighted by atomic mass is 32.1. The molecule has 0 unspecified atom stereocenters. The quantitative estimate of drug-likeness (QED) is 0.366. The summed E-state index contributed by atoms with van der Waals surface area (Å²) < 4.78 is 13.4. The van der Waals surface area contributed by atoms with Crippen LogP contribution in [-0.4, -0.2) is 34.7 Å². The Morgan fingerprint density at radius 1 is 0.970 bits per heavy atom. The second-order valence-electron chi connectivity index (χ2n) is 7.93. The zero-order valence-electron chi connectivity index (χ0n) is 19.1. The molecule has 0 N–H and O–H groups in total. The molecule has 4 nitrogen and oxygen atoms in total. The van der Waals surface area contributed by atoms with Crippen LogP contribution in [0.4, 0.5) is 4.39 Å². The van der Waals surface area contributed by atoms with Gasteiger partial charge in [0.1, 0.15) is 12.4 Å². The van der Waals surface area contributed by atoms with E-state index < -0.39 is 0 Å². The second kappa shape index (κ2) is 11.6. The average molecular weight is 465 g/mol. The Kier molecular flexibility index (Phi) is 8.55. The minimum absolute atomic E-state index is 0.0635. The van der Waals surface area contributed by atoms with Gasteiger partial charge < -0.3 is 9.80 Å². The van der Waals surface area contributed by atoms with Crippen LogP contribution in [0.25, 0.3) is 0 Å². The summed E-state index contributed by atoms with van der Waals surface area (Å²) >= 11 is 1.59. The van der Waals surface area contributed by atoms with Gasteiger partial charge in [-0.05, 0) is 65.7 Å². The SMILES string of the molecule is C=CCN(CC(=O)N(Cc1ccc(F)cc1)Cc1sccc1C)C(=O)c1ccc(CC)cc1. The number of aryl methyl sites for hydroxylation is 2. The van der Waals surface area contributed by atoms with Gasteiger partial charge in [0.25, 0.3) is 5.91 Å². The van der Waals surface area contributed by atoms with E-state index in [4.69, 9.17) is 0 Å². The fourth-order valence-electron chi connectivity index (χ4n) is 3.49. The van der Waals surface area contributed by atoms with Gasteiger partial charge in [0.05, 0.1) is 6.54 Å². The Hall–Kier alpha value is -3.25. The van der Waals surface area contributed by atoms with E-state index in [1.807, 2.05) is 30.5 Å². The molecule has 2 amide bonds. The van der Waals surface area contributed by atoms with Crippen LogP contribution in [0.2, 0.25) is 0 Å². The van der Waals surface area contributed by atoms with Crippen molar-refractivity contribution >= 4 is 23.2 Å². The first kappa shape index (κ1) is 24.4. The molecule has 0 bridgehead atoms. The van der Waals surface area contributed by atoms with Gasteiger partial charge in [-0.3, -0.25) is 9.59 Å². The molecule has 3 aromatic rings. The lowest BCUT2D eigenvalue weighted by Crippen LogP contribution is -2.42. The van der Waals surface area contributed by atoms with Crippen LogP contribution < -0.4 is 0 Å². The van der Waals surface area contributed by atoms with E-state index in [1.165, 1.54) is 17.0 Å². The van der Waals surface area contributed by atoms with Gasteiger partial charge in [0.2, 0.25) is 5.91 Å². The zero-order valence-corrected chi connectivity index (χ0v) is 19.9. The molecule has 0 aliphatic rings. The number of halogens is 1. The molecule has 1 aromatic heterocycles. The standard InChI is InChI=1S/C27H29FN2O2S/c1-4-15-29(27(32)23-10-6-21(5-2)7-11-23)19-26(31)30(18-25-20(3)14-16-33-25)17-22-8-12-24(28)13-9-22/h4,6-14,16H,1,5,15,17-19H2,2-3H3. The molecule has 0 radical (unpaired) electrons.